The van der Waals surface area contributed by atoms with E-state index < -0.39 is 11.7 Å². The number of aliphatic hydroxyl groups excluding tert-OH is 2. The van der Waals surface area contributed by atoms with Crippen LogP contribution >= 0.6 is 0 Å². The maximum absolute atomic E-state index is 11.8. The highest BCUT2D eigenvalue weighted by Gasteiger charge is 2.68. The van der Waals surface area contributed by atoms with Crippen molar-refractivity contribution < 1.29 is 15.3 Å². The molecule has 27 heavy (non-hydrogen) atoms. The van der Waals surface area contributed by atoms with Gasteiger partial charge in [-0.3, -0.25) is 0 Å². The fourth-order valence-electron chi connectivity index (χ4n) is 8.17. The molecule has 5 N–H and O–H groups in total. The first kappa shape index (κ1) is 19.9. The SMILES string of the molecule is CC(N)[C@@H]1C[C@H]2[C@@H]3CC=C4C[C@@H](O)CC[C@]4(C)[C@H]3CC[C@]2(C)[C@@]1(O)C(C)O. The Labute approximate surface area is 164 Å². The van der Waals surface area contributed by atoms with Gasteiger partial charge in [0, 0.05) is 17.4 Å². The predicted octanol–water partition coefficient (Wildman–Crippen LogP) is 3.00. The molecule has 0 aromatic carbocycles. The molecule has 4 heteroatoms. The van der Waals surface area contributed by atoms with Gasteiger partial charge in [0.05, 0.1) is 12.2 Å². The lowest BCUT2D eigenvalue weighted by Gasteiger charge is -2.59. The van der Waals surface area contributed by atoms with E-state index in [2.05, 4.69) is 19.9 Å². The Bertz CT molecular complexity index is 631. The maximum Gasteiger partial charge on any atom is 0.100 e. The van der Waals surface area contributed by atoms with Gasteiger partial charge in [-0.15, -0.1) is 0 Å². The van der Waals surface area contributed by atoms with Gasteiger partial charge in [-0.2, -0.15) is 0 Å². The van der Waals surface area contributed by atoms with Crippen LogP contribution in [0.15, 0.2) is 11.6 Å². The van der Waals surface area contributed by atoms with Crippen LogP contribution in [-0.2, 0) is 0 Å². The summed E-state index contributed by atoms with van der Waals surface area (Å²) in [5.41, 5.74) is 6.61. The summed E-state index contributed by atoms with van der Waals surface area (Å²) >= 11 is 0. The summed E-state index contributed by atoms with van der Waals surface area (Å²) in [6.45, 7) is 8.37. The summed E-state index contributed by atoms with van der Waals surface area (Å²) < 4.78 is 0. The zero-order valence-corrected chi connectivity index (χ0v) is 17.5. The quantitative estimate of drug-likeness (QED) is 0.557. The van der Waals surface area contributed by atoms with Gasteiger partial charge < -0.3 is 21.1 Å². The van der Waals surface area contributed by atoms with Crippen LogP contribution in [0.25, 0.3) is 0 Å². The van der Waals surface area contributed by atoms with Crippen molar-refractivity contribution in [1.29, 1.82) is 0 Å². The van der Waals surface area contributed by atoms with E-state index in [0.29, 0.717) is 17.8 Å². The Morgan fingerprint density at radius 1 is 1.15 bits per heavy atom. The largest absolute Gasteiger partial charge is 0.393 e. The second kappa shape index (κ2) is 6.29. The van der Waals surface area contributed by atoms with Gasteiger partial charge in [0.25, 0.3) is 0 Å². The van der Waals surface area contributed by atoms with Crippen molar-refractivity contribution in [1.82, 2.24) is 0 Å². The normalized spacial score (nSPS) is 54.4. The minimum Gasteiger partial charge on any atom is -0.393 e. The fraction of sp³-hybridized carbons (Fsp3) is 0.913. The molecule has 0 aromatic heterocycles. The lowest BCUT2D eigenvalue weighted by molar-refractivity contribution is -0.188. The molecule has 4 aliphatic carbocycles. The van der Waals surface area contributed by atoms with Gasteiger partial charge in [-0.05, 0) is 82.0 Å². The van der Waals surface area contributed by atoms with E-state index in [1.807, 2.05) is 6.92 Å². The molecule has 3 fully saturated rings. The molecular weight excluding hydrogens is 338 g/mol. The smallest absolute Gasteiger partial charge is 0.100 e. The molecule has 4 aliphatic rings. The van der Waals surface area contributed by atoms with Crippen LogP contribution in [0.1, 0.15) is 72.6 Å². The van der Waals surface area contributed by atoms with Crippen LogP contribution in [0, 0.1) is 34.5 Å². The number of hydrogen-bond donors (Lipinski definition) is 4. The van der Waals surface area contributed by atoms with E-state index in [-0.39, 0.29) is 28.9 Å². The van der Waals surface area contributed by atoms with E-state index in [4.69, 9.17) is 5.73 Å². The molecule has 0 radical (unpaired) electrons. The second-order valence-electron chi connectivity index (χ2n) is 10.8. The molecule has 0 spiro atoms. The van der Waals surface area contributed by atoms with Gasteiger partial charge in [0.1, 0.15) is 5.60 Å². The molecule has 10 atom stereocenters. The number of nitrogens with two attached hydrogens (primary N) is 1. The number of rotatable bonds is 2. The molecule has 0 saturated heterocycles. The molecular formula is C23H39NO3. The third-order valence-electron chi connectivity index (χ3n) is 9.73. The highest BCUT2D eigenvalue weighted by atomic mass is 16.3. The summed E-state index contributed by atoms with van der Waals surface area (Å²) in [7, 11) is 0. The first-order valence-electron chi connectivity index (χ1n) is 11.1. The molecule has 3 saturated carbocycles. The highest BCUT2D eigenvalue weighted by Crippen LogP contribution is 2.69. The first-order chi connectivity index (χ1) is 12.6. The van der Waals surface area contributed by atoms with E-state index in [1.54, 1.807) is 6.92 Å². The average Bonchev–Trinajstić information content (AvgIpc) is 2.85. The number of hydrogen-bond acceptors (Lipinski definition) is 4. The Hall–Kier alpha value is -0.420. The molecule has 2 unspecified atom stereocenters. The first-order valence-corrected chi connectivity index (χ1v) is 11.1. The van der Waals surface area contributed by atoms with Crippen molar-refractivity contribution in [2.75, 3.05) is 0 Å². The molecule has 4 nitrogen and oxygen atoms in total. The molecule has 0 amide bonds. The summed E-state index contributed by atoms with van der Waals surface area (Å²) in [6.07, 6.45) is 8.29. The van der Waals surface area contributed by atoms with Crippen molar-refractivity contribution in [3.63, 3.8) is 0 Å². The molecule has 0 aliphatic heterocycles. The van der Waals surface area contributed by atoms with Crippen LogP contribution in [0.4, 0.5) is 0 Å². The Morgan fingerprint density at radius 2 is 1.85 bits per heavy atom. The van der Waals surface area contributed by atoms with Gasteiger partial charge in [0.2, 0.25) is 0 Å². The standard InChI is InChI=1S/C23H39NO3/c1-13(24)19-12-20-17-6-5-15-11-16(26)7-9-21(15,3)18(17)8-10-22(20,4)23(19,27)14(2)25/h5,13-14,16-20,25-27H,6-12,24H2,1-4H3/t13?,14?,16-,17+,18-,19-,20-,21-,22-,23+/m0/s1. The number of fused-ring (bicyclic) bond motifs is 5. The van der Waals surface area contributed by atoms with Gasteiger partial charge in [0.15, 0.2) is 0 Å². The Balaban J connectivity index is 1.73. The van der Waals surface area contributed by atoms with Crippen LogP contribution in [-0.4, -0.2) is 39.2 Å². The predicted molar refractivity (Wildman–Crippen MR) is 107 cm³/mol. The summed E-state index contributed by atoms with van der Waals surface area (Å²) in [6, 6.07) is -0.124. The zero-order chi connectivity index (χ0) is 19.8. The Kier molecular flexibility index (Phi) is 4.63. The van der Waals surface area contributed by atoms with Gasteiger partial charge in [-0.25, -0.2) is 0 Å². The van der Waals surface area contributed by atoms with E-state index in [9.17, 15) is 15.3 Å². The lowest BCUT2D eigenvalue weighted by atomic mass is 9.46. The van der Waals surface area contributed by atoms with Gasteiger partial charge in [-0.1, -0.05) is 25.5 Å². The lowest BCUT2D eigenvalue weighted by Crippen LogP contribution is -2.61. The van der Waals surface area contributed by atoms with Gasteiger partial charge >= 0.3 is 0 Å². The summed E-state index contributed by atoms with van der Waals surface area (Å²) in [5.74, 6) is 1.50. The highest BCUT2D eigenvalue weighted by molar-refractivity contribution is 5.27. The minimum absolute atomic E-state index is 0.0578. The van der Waals surface area contributed by atoms with Crippen molar-refractivity contribution in [3.05, 3.63) is 11.6 Å². The van der Waals surface area contributed by atoms with E-state index in [0.717, 1.165) is 44.9 Å². The fourth-order valence-corrected chi connectivity index (χ4v) is 8.17. The second-order valence-corrected chi connectivity index (χ2v) is 10.8. The molecule has 4 rings (SSSR count). The Morgan fingerprint density at radius 3 is 2.48 bits per heavy atom. The summed E-state index contributed by atoms with van der Waals surface area (Å²) in [4.78, 5) is 0. The van der Waals surface area contributed by atoms with E-state index in [1.165, 1.54) is 5.57 Å². The monoisotopic (exact) mass is 377 g/mol. The van der Waals surface area contributed by atoms with Crippen LogP contribution in [0.5, 0.6) is 0 Å². The molecule has 0 bridgehead atoms. The third-order valence-corrected chi connectivity index (χ3v) is 9.73. The molecule has 154 valence electrons. The van der Waals surface area contributed by atoms with Crippen molar-refractivity contribution in [2.24, 2.45) is 40.2 Å². The van der Waals surface area contributed by atoms with Crippen LogP contribution < -0.4 is 5.73 Å². The maximum atomic E-state index is 11.8. The van der Waals surface area contributed by atoms with E-state index >= 15 is 0 Å². The zero-order valence-electron chi connectivity index (χ0n) is 17.5. The van der Waals surface area contributed by atoms with Crippen molar-refractivity contribution >= 4 is 0 Å². The number of allylic oxidation sites excluding steroid dienone is 1. The summed E-state index contributed by atoms with van der Waals surface area (Å²) in [5, 5.41) is 32.6. The molecule has 0 aromatic rings. The van der Waals surface area contributed by atoms with Crippen LogP contribution in [0.2, 0.25) is 0 Å². The molecule has 0 heterocycles. The van der Waals surface area contributed by atoms with Crippen LogP contribution in [0.3, 0.4) is 0 Å². The minimum atomic E-state index is -1.11. The van der Waals surface area contributed by atoms with Crippen molar-refractivity contribution in [3.8, 4) is 0 Å². The topological polar surface area (TPSA) is 86.7 Å². The number of aliphatic hydroxyl groups is 3. The average molecular weight is 378 g/mol. The third kappa shape index (κ3) is 2.49. The van der Waals surface area contributed by atoms with Crippen molar-refractivity contribution in [2.45, 2.75) is 96.5 Å².